The van der Waals surface area contributed by atoms with E-state index in [9.17, 15) is 0 Å². The molecule has 0 aromatic carbocycles. The van der Waals surface area contributed by atoms with Crippen molar-refractivity contribution in [1.29, 1.82) is 0 Å². The van der Waals surface area contributed by atoms with Crippen LogP contribution in [0.4, 0.5) is 0 Å². The van der Waals surface area contributed by atoms with Gasteiger partial charge in [0.25, 0.3) is 0 Å². The molecular formula is C12H19N3S. The highest BCUT2D eigenvalue weighted by atomic mass is 32.1. The molecule has 1 aromatic rings. The maximum absolute atomic E-state index is 4.21. The van der Waals surface area contributed by atoms with Crippen LogP contribution < -0.4 is 5.32 Å². The predicted molar refractivity (Wildman–Crippen MR) is 68.5 cm³/mol. The number of nitrogens with one attached hydrogen (secondary N) is 1. The molecule has 0 saturated carbocycles. The van der Waals surface area contributed by atoms with Gasteiger partial charge in [0, 0.05) is 6.42 Å². The Hall–Kier alpha value is -0.920. The van der Waals surface area contributed by atoms with Crippen LogP contribution in [0.15, 0.2) is 0 Å². The molecule has 0 aliphatic rings. The standard InChI is InChI=1S/C12H19N3S/c1-5-7-8-10(13-6-2)12-11(9(3)4)14-15-16-12/h9-10,13H,6,8H2,1-4H3. The molecule has 1 aromatic heterocycles. The summed E-state index contributed by atoms with van der Waals surface area (Å²) in [5, 5.41) is 7.65. The molecule has 0 radical (unpaired) electrons. The first kappa shape index (κ1) is 13.1. The Morgan fingerprint density at radius 1 is 1.44 bits per heavy atom. The van der Waals surface area contributed by atoms with Crippen LogP contribution in [0.2, 0.25) is 0 Å². The number of hydrogen-bond acceptors (Lipinski definition) is 4. The summed E-state index contributed by atoms with van der Waals surface area (Å²) in [4.78, 5) is 1.24. The fourth-order valence-electron chi connectivity index (χ4n) is 1.55. The predicted octanol–water partition coefficient (Wildman–Crippen LogP) is 2.73. The van der Waals surface area contributed by atoms with Gasteiger partial charge in [0.2, 0.25) is 0 Å². The number of aromatic nitrogens is 2. The highest BCUT2D eigenvalue weighted by Crippen LogP contribution is 2.27. The lowest BCUT2D eigenvalue weighted by molar-refractivity contribution is 0.564. The molecule has 88 valence electrons. The Kier molecular flexibility index (Phi) is 5.44. The van der Waals surface area contributed by atoms with Gasteiger partial charge in [-0.05, 0) is 30.9 Å². The highest BCUT2D eigenvalue weighted by molar-refractivity contribution is 7.05. The molecule has 4 heteroatoms. The van der Waals surface area contributed by atoms with Gasteiger partial charge in [0.1, 0.15) is 0 Å². The summed E-state index contributed by atoms with van der Waals surface area (Å²) in [6.07, 6.45) is 0.827. The topological polar surface area (TPSA) is 37.8 Å². The third-order valence-corrected chi connectivity index (χ3v) is 3.19. The average Bonchev–Trinajstić information content (AvgIpc) is 2.73. The molecule has 1 N–H and O–H groups in total. The van der Waals surface area contributed by atoms with E-state index in [2.05, 4.69) is 47.5 Å². The van der Waals surface area contributed by atoms with Crippen molar-refractivity contribution in [1.82, 2.24) is 14.9 Å². The smallest absolute Gasteiger partial charge is 0.0829 e. The van der Waals surface area contributed by atoms with E-state index in [1.54, 1.807) is 0 Å². The maximum Gasteiger partial charge on any atom is 0.0829 e. The van der Waals surface area contributed by atoms with E-state index in [-0.39, 0.29) is 6.04 Å². The van der Waals surface area contributed by atoms with Gasteiger partial charge in [-0.25, -0.2) is 0 Å². The fourth-order valence-corrected chi connectivity index (χ4v) is 2.44. The maximum atomic E-state index is 4.21. The van der Waals surface area contributed by atoms with Crippen molar-refractivity contribution in [3.8, 4) is 11.8 Å². The summed E-state index contributed by atoms with van der Waals surface area (Å²) in [7, 11) is 0. The Balaban J connectivity index is 2.89. The molecule has 1 rings (SSSR count). The second-order valence-electron chi connectivity index (χ2n) is 3.92. The van der Waals surface area contributed by atoms with Gasteiger partial charge in [-0.3, -0.25) is 0 Å². The largest absolute Gasteiger partial charge is 0.309 e. The van der Waals surface area contributed by atoms with Gasteiger partial charge in [-0.2, -0.15) is 0 Å². The lowest BCUT2D eigenvalue weighted by Crippen LogP contribution is -2.20. The van der Waals surface area contributed by atoms with Crippen molar-refractivity contribution in [2.45, 2.75) is 46.1 Å². The van der Waals surface area contributed by atoms with Crippen molar-refractivity contribution in [2.75, 3.05) is 6.54 Å². The first-order valence-corrected chi connectivity index (χ1v) is 6.43. The van der Waals surface area contributed by atoms with E-state index >= 15 is 0 Å². The van der Waals surface area contributed by atoms with Gasteiger partial charge in [0.15, 0.2) is 0 Å². The van der Waals surface area contributed by atoms with Crippen LogP contribution in [0.3, 0.4) is 0 Å². The van der Waals surface area contributed by atoms with Crippen LogP contribution in [0.5, 0.6) is 0 Å². The molecule has 1 heterocycles. The minimum absolute atomic E-state index is 0.273. The summed E-state index contributed by atoms with van der Waals surface area (Å²) in [5.74, 6) is 6.49. The van der Waals surface area contributed by atoms with Gasteiger partial charge in [-0.1, -0.05) is 25.3 Å². The Bertz CT molecular complexity index is 373. The molecule has 0 bridgehead atoms. The van der Waals surface area contributed by atoms with Crippen molar-refractivity contribution < 1.29 is 0 Å². The van der Waals surface area contributed by atoms with Gasteiger partial charge in [-0.15, -0.1) is 16.9 Å². The molecule has 0 saturated heterocycles. The van der Waals surface area contributed by atoms with E-state index in [0.29, 0.717) is 5.92 Å². The summed E-state index contributed by atoms with van der Waals surface area (Å²) >= 11 is 1.48. The zero-order chi connectivity index (χ0) is 12.0. The van der Waals surface area contributed by atoms with E-state index in [1.807, 2.05) is 6.92 Å². The van der Waals surface area contributed by atoms with Gasteiger partial charge >= 0.3 is 0 Å². The van der Waals surface area contributed by atoms with Gasteiger partial charge < -0.3 is 5.32 Å². The number of hydrogen-bond donors (Lipinski definition) is 1. The van der Waals surface area contributed by atoms with Crippen LogP contribution >= 0.6 is 11.5 Å². The Morgan fingerprint density at radius 2 is 2.19 bits per heavy atom. The zero-order valence-electron chi connectivity index (χ0n) is 10.4. The van der Waals surface area contributed by atoms with E-state index in [0.717, 1.165) is 18.7 Å². The molecule has 0 spiro atoms. The van der Waals surface area contributed by atoms with Crippen LogP contribution in [-0.2, 0) is 0 Å². The van der Waals surface area contributed by atoms with Crippen LogP contribution in [0, 0.1) is 11.8 Å². The van der Waals surface area contributed by atoms with Crippen molar-refractivity contribution in [3.63, 3.8) is 0 Å². The summed E-state index contributed by atoms with van der Waals surface area (Å²) in [5.41, 5.74) is 1.11. The average molecular weight is 237 g/mol. The van der Waals surface area contributed by atoms with E-state index in [1.165, 1.54) is 16.4 Å². The van der Waals surface area contributed by atoms with Crippen molar-refractivity contribution in [2.24, 2.45) is 0 Å². The summed E-state index contributed by atoms with van der Waals surface area (Å²) in [6, 6.07) is 0.273. The summed E-state index contributed by atoms with van der Waals surface area (Å²) < 4.78 is 4.06. The molecule has 1 atom stereocenters. The third kappa shape index (κ3) is 3.29. The minimum Gasteiger partial charge on any atom is -0.309 e. The SMILES string of the molecule is CC#CCC(NCC)c1snnc1C(C)C. The third-order valence-electron chi connectivity index (χ3n) is 2.34. The van der Waals surface area contributed by atoms with E-state index < -0.39 is 0 Å². The van der Waals surface area contributed by atoms with Gasteiger partial charge in [0.05, 0.1) is 16.6 Å². The normalized spacial score (nSPS) is 12.3. The van der Waals surface area contributed by atoms with E-state index in [4.69, 9.17) is 0 Å². The van der Waals surface area contributed by atoms with Crippen molar-refractivity contribution in [3.05, 3.63) is 10.6 Å². The monoisotopic (exact) mass is 237 g/mol. The Labute approximate surface area is 102 Å². The first-order valence-electron chi connectivity index (χ1n) is 5.65. The molecule has 16 heavy (non-hydrogen) atoms. The molecule has 0 amide bonds. The molecule has 1 unspecified atom stereocenters. The molecular weight excluding hydrogens is 218 g/mol. The molecule has 0 aliphatic heterocycles. The second kappa shape index (κ2) is 6.62. The molecule has 0 fully saturated rings. The van der Waals surface area contributed by atoms with Crippen LogP contribution in [0.1, 0.15) is 56.6 Å². The minimum atomic E-state index is 0.273. The summed E-state index contributed by atoms with van der Waals surface area (Å²) in [6.45, 7) is 9.21. The number of rotatable bonds is 5. The first-order chi connectivity index (χ1) is 7.70. The van der Waals surface area contributed by atoms with Crippen LogP contribution in [0.25, 0.3) is 0 Å². The fraction of sp³-hybridized carbons (Fsp3) is 0.667. The quantitative estimate of drug-likeness (QED) is 0.800. The lowest BCUT2D eigenvalue weighted by atomic mass is 10.0. The second-order valence-corrected chi connectivity index (χ2v) is 4.70. The molecule has 3 nitrogen and oxygen atoms in total. The molecule has 0 aliphatic carbocycles. The zero-order valence-corrected chi connectivity index (χ0v) is 11.2. The Morgan fingerprint density at radius 3 is 2.75 bits per heavy atom. The number of nitrogens with zero attached hydrogens (tertiary/aromatic N) is 2. The van der Waals surface area contributed by atoms with Crippen molar-refractivity contribution >= 4 is 11.5 Å². The van der Waals surface area contributed by atoms with Crippen LogP contribution in [-0.4, -0.2) is 16.1 Å². The highest BCUT2D eigenvalue weighted by Gasteiger charge is 2.19. The lowest BCUT2D eigenvalue weighted by Gasteiger charge is -2.15.